The summed E-state index contributed by atoms with van der Waals surface area (Å²) in [5.41, 5.74) is 7.60. The summed E-state index contributed by atoms with van der Waals surface area (Å²) in [5, 5.41) is 0. The van der Waals surface area contributed by atoms with Gasteiger partial charge in [-0.25, -0.2) is 0 Å². The first kappa shape index (κ1) is 17.0. The van der Waals surface area contributed by atoms with Crippen LogP contribution in [0.2, 0.25) is 0 Å². The predicted octanol–water partition coefficient (Wildman–Crippen LogP) is 1.48. The molecule has 2 aliphatic rings. The molecular weight excluding hydrogens is 308 g/mol. The highest BCUT2D eigenvalue weighted by molar-refractivity contribution is 5.75. The van der Waals surface area contributed by atoms with E-state index in [1.54, 1.807) is 7.11 Å². The highest BCUT2D eigenvalue weighted by Crippen LogP contribution is 2.35. The van der Waals surface area contributed by atoms with Crippen molar-refractivity contribution in [2.45, 2.75) is 44.9 Å². The van der Waals surface area contributed by atoms with Crippen LogP contribution in [-0.4, -0.2) is 49.8 Å². The zero-order chi connectivity index (χ0) is 17.1. The Labute approximate surface area is 142 Å². The molecule has 24 heavy (non-hydrogen) atoms. The number of methoxy groups -OCH3 is 1. The molecule has 2 aliphatic heterocycles. The van der Waals surface area contributed by atoms with Crippen LogP contribution in [0.25, 0.3) is 0 Å². The highest BCUT2D eigenvalue weighted by atomic mass is 16.5. The number of benzene rings is 1. The van der Waals surface area contributed by atoms with E-state index in [4.69, 9.17) is 19.9 Å². The third-order valence-electron chi connectivity index (χ3n) is 4.56. The van der Waals surface area contributed by atoms with Crippen LogP contribution in [0.4, 0.5) is 0 Å². The smallest absolute Gasteiger partial charge is 0.231 e. The van der Waals surface area contributed by atoms with Crippen LogP contribution < -0.4 is 15.2 Å². The molecule has 1 fully saturated rings. The fourth-order valence-electron chi connectivity index (χ4n) is 3.52. The minimum atomic E-state index is -0.335. The van der Waals surface area contributed by atoms with E-state index in [2.05, 4.69) is 6.92 Å². The Hall–Kier alpha value is -1.79. The number of ether oxygens (including phenoxy) is 3. The van der Waals surface area contributed by atoms with Crippen molar-refractivity contribution in [1.82, 2.24) is 4.90 Å². The zero-order valence-electron chi connectivity index (χ0n) is 14.4. The third-order valence-corrected chi connectivity index (χ3v) is 4.56. The summed E-state index contributed by atoms with van der Waals surface area (Å²) < 4.78 is 17.1. The van der Waals surface area contributed by atoms with Crippen molar-refractivity contribution in [2.24, 2.45) is 5.73 Å². The van der Waals surface area contributed by atoms with Crippen LogP contribution >= 0.6 is 0 Å². The van der Waals surface area contributed by atoms with E-state index in [1.807, 2.05) is 17.0 Å². The second kappa shape index (κ2) is 7.40. The normalized spacial score (nSPS) is 22.5. The van der Waals surface area contributed by atoms with Crippen LogP contribution in [0.15, 0.2) is 12.1 Å². The molecule has 0 unspecified atom stereocenters. The van der Waals surface area contributed by atoms with Crippen molar-refractivity contribution in [3.63, 3.8) is 0 Å². The Morgan fingerprint density at radius 1 is 1.46 bits per heavy atom. The molecule has 0 spiro atoms. The number of nitrogens with zero attached hydrogens (tertiary/aromatic N) is 1. The summed E-state index contributed by atoms with van der Waals surface area (Å²) in [6.45, 7) is 4.33. The van der Waals surface area contributed by atoms with Gasteiger partial charge in [-0.1, -0.05) is 0 Å². The van der Waals surface area contributed by atoms with E-state index in [0.29, 0.717) is 13.1 Å². The molecule has 1 aromatic carbocycles. The maximum absolute atomic E-state index is 11.4. The molecule has 1 aromatic rings. The van der Waals surface area contributed by atoms with E-state index < -0.39 is 0 Å². The quantitative estimate of drug-likeness (QED) is 0.818. The molecule has 0 aromatic heterocycles. The maximum Gasteiger partial charge on any atom is 0.231 e. The third kappa shape index (κ3) is 3.99. The Balaban J connectivity index is 1.77. The first-order valence-corrected chi connectivity index (χ1v) is 8.54. The Morgan fingerprint density at radius 3 is 2.96 bits per heavy atom. The van der Waals surface area contributed by atoms with Crippen molar-refractivity contribution in [3.8, 4) is 11.5 Å². The average molecular weight is 334 g/mol. The number of primary amides is 1. The number of hydrogen-bond acceptors (Lipinski definition) is 5. The fourth-order valence-corrected chi connectivity index (χ4v) is 3.52. The highest BCUT2D eigenvalue weighted by Gasteiger charge is 2.24. The number of rotatable bonds is 7. The molecule has 2 atom stereocenters. The van der Waals surface area contributed by atoms with Gasteiger partial charge in [-0.15, -0.1) is 0 Å². The van der Waals surface area contributed by atoms with Crippen LogP contribution in [0.3, 0.4) is 0 Å². The Kier molecular flexibility index (Phi) is 5.26. The van der Waals surface area contributed by atoms with Crippen molar-refractivity contribution in [1.29, 1.82) is 0 Å². The van der Waals surface area contributed by atoms with Gasteiger partial charge in [0.05, 0.1) is 19.8 Å². The van der Waals surface area contributed by atoms with Gasteiger partial charge in [0.15, 0.2) is 0 Å². The Morgan fingerprint density at radius 2 is 2.29 bits per heavy atom. The van der Waals surface area contributed by atoms with Gasteiger partial charge in [-0.2, -0.15) is 0 Å². The molecule has 1 amide bonds. The van der Waals surface area contributed by atoms with Crippen molar-refractivity contribution < 1.29 is 19.0 Å². The van der Waals surface area contributed by atoms with Gasteiger partial charge in [0.1, 0.15) is 17.6 Å². The lowest BCUT2D eigenvalue weighted by atomic mass is 10.1. The minimum Gasteiger partial charge on any atom is -0.496 e. The van der Waals surface area contributed by atoms with Gasteiger partial charge in [-0.3, -0.25) is 9.69 Å². The molecule has 1 saturated heterocycles. The predicted molar refractivity (Wildman–Crippen MR) is 90.2 cm³/mol. The summed E-state index contributed by atoms with van der Waals surface area (Å²) in [4.78, 5) is 13.5. The van der Waals surface area contributed by atoms with Gasteiger partial charge in [-0.05, 0) is 31.9 Å². The number of amides is 1. The number of hydrogen-bond donors (Lipinski definition) is 1. The van der Waals surface area contributed by atoms with E-state index in [0.717, 1.165) is 42.9 Å². The molecule has 2 N–H and O–H groups in total. The summed E-state index contributed by atoms with van der Waals surface area (Å²) in [6, 6.07) is 4.07. The molecule has 3 rings (SSSR count). The first-order valence-electron chi connectivity index (χ1n) is 8.54. The van der Waals surface area contributed by atoms with Gasteiger partial charge < -0.3 is 19.9 Å². The van der Waals surface area contributed by atoms with E-state index >= 15 is 0 Å². The molecule has 0 aliphatic carbocycles. The second-order valence-electron chi connectivity index (χ2n) is 6.68. The standard InChI is InChI=1S/C18H26N2O4/c1-12-6-13-7-16(22-2)14(8-17(13)24-12)9-20(11-18(19)21)10-15-4-3-5-23-15/h7-8,12,15H,3-6,9-11H2,1-2H3,(H2,19,21)/t12-,15+/m0/s1. The van der Waals surface area contributed by atoms with E-state index in [1.165, 1.54) is 5.56 Å². The van der Waals surface area contributed by atoms with Crippen LogP contribution in [0.5, 0.6) is 11.5 Å². The number of carbonyl (C=O) groups is 1. The topological polar surface area (TPSA) is 74.0 Å². The fraction of sp³-hybridized carbons (Fsp3) is 0.611. The van der Waals surface area contributed by atoms with Gasteiger partial charge >= 0.3 is 0 Å². The van der Waals surface area contributed by atoms with E-state index in [9.17, 15) is 4.79 Å². The molecule has 6 heteroatoms. The monoisotopic (exact) mass is 334 g/mol. The molecule has 2 heterocycles. The number of nitrogens with two attached hydrogens (primary N) is 1. The average Bonchev–Trinajstić information content (AvgIpc) is 3.13. The Bertz CT molecular complexity index is 599. The van der Waals surface area contributed by atoms with Crippen molar-refractivity contribution in [3.05, 3.63) is 23.3 Å². The number of fused-ring (bicyclic) bond motifs is 1. The van der Waals surface area contributed by atoms with Gasteiger partial charge in [0.2, 0.25) is 5.91 Å². The van der Waals surface area contributed by atoms with E-state index in [-0.39, 0.29) is 24.7 Å². The lowest BCUT2D eigenvalue weighted by molar-refractivity contribution is -0.119. The van der Waals surface area contributed by atoms with Crippen LogP contribution in [0, 0.1) is 0 Å². The van der Waals surface area contributed by atoms with Gasteiger partial charge in [0.25, 0.3) is 0 Å². The first-order chi connectivity index (χ1) is 11.5. The van der Waals surface area contributed by atoms with Crippen molar-refractivity contribution in [2.75, 3.05) is 26.8 Å². The van der Waals surface area contributed by atoms with Crippen LogP contribution in [-0.2, 0) is 22.5 Å². The molecule has 132 valence electrons. The number of carbonyl (C=O) groups excluding carboxylic acids is 1. The lowest BCUT2D eigenvalue weighted by Crippen LogP contribution is -2.38. The maximum atomic E-state index is 11.4. The lowest BCUT2D eigenvalue weighted by Gasteiger charge is -2.25. The molecule has 0 saturated carbocycles. The minimum absolute atomic E-state index is 0.168. The van der Waals surface area contributed by atoms with Gasteiger partial charge in [0, 0.05) is 37.2 Å². The molecule has 0 radical (unpaired) electrons. The summed E-state index contributed by atoms with van der Waals surface area (Å²) in [7, 11) is 1.67. The van der Waals surface area contributed by atoms with Crippen molar-refractivity contribution >= 4 is 5.91 Å². The molecule has 6 nitrogen and oxygen atoms in total. The summed E-state index contributed by atoms with van der Waals surface area (Å²) in [6.07, 6.45) is 3.35. The second-order valence-corrected chi connectivity index (χ2v) is 6.68. The summed E-state index contributed by atoms with van der Waals surface area (Å²) >= 11 is 0. The summed E-state index contributed by atoms with van der Waals surface area (Å²) in [5.74, 6) is 1.40. The SMILES string of the molecule is COc1cc2c(cc1CN(CC(N)=O)C[C@H]1CCCO1)O[C@@H](C)C2. The van der Waals surface area contributed by atoms with Crippen LogP contribution in [0.1, 0.15) is 30.9 Å². The zero-order valence-corrected chi connectivity index (χ0v) is 14.4. The molecule has 0 bridgehead atoms. The largest absolute Gasteiger partial charge is 0.496 e. The molecular formula is C18H26N2O4.